The van der Waals surface area contributed by atoms with Crippen LogP contribution in [0.4, 0.5) is 9.59 Å². The number of ether oxygens (including phenoxy) is 2. The fraction of sp³-hybridized carbons (Fsp3) is 0.390. The number of carboxylic acid groups (broad SMARTS) is 1. The van der Waals surface area contributed by atoms with E-state index >= 15 is 0 Å². The summed E-state index contributed by atoms with van der Waals surface area (Å²) < 4.78 is 12.2. The van der Waals surface area contributed by atoms with Gasteiger partial charge in [0.05, 0.1) is 12.6 Å². The zero-order valence-corrected chi connectivity index (χ0v) is 32.2. The van der Waals surface area contributed by atoms with E-state index in [4.69, 9.17) is 15.2 Å². The van der Waals surface area contributed by atoms with E-state index in [0.717, 1.165) is 21.9 Å². The first kappa shape index (κ1) is 40.5. The van der Waals surface area contributed by atoms with E-state index < -0.39 is 47.3 Å². The number of imidazole rings is 1. The van der Waals surface area contributed by atoms with Crippen molar-refractivity contribution in [2.24, 2.45) is 5.73 Å². The van der Waals surface area contributed by atoms with Crippen LogP contribution in [0.25, 0.3) is 21.7 Å². The quantitative estimate of drug-likeness (QED) is 0.0783. The number of hydrogen-bond acceptors (Lipinski definition) is 9. The first-order chi connectivity index (χ1) is 26.1. The number of hydrogen-bond donors (Lipinski definition) is 5. The first-order valence-electron chi connectivity index (χ1n) is 18.3. The molecule has 55 heavy (non-hydrogen) atoms. The maximum absolute atomic E-state index is 15.0. The van der Waals surface area contributed by atoms with Crippen LogP contribution in [0.5, 0.6) is 0 Å². The molecule has 0 saturated carbocycles. The standard InChI is InChI=1S/C41H51N7O7/c1-40(2,3)54-38(52)45-19-11-16-33(37(50)51)48(34(22-42)31-24-46-32-15-10-9-14-29(31)32)36(49)30-18-17-26(27-12-7-8-13-28(27)30)23-43-25-35-44-20-21-47(35)39(53)55-41(4,5)6/h7-10,12-15,17-18,20-21,24,33-34,43,46H,11,16,19,22-23,25,42H2,1-6H3,(H,45,52)(H,50,51)/t33-,34?/m0/s1. The molecule has 0 aliphatic carbocycles. The van der Waals surface area contributed by atoms with Crippen LogP contribution in [0.3, 0.4) is 0 Å². The molecular formula is C41H51N7O7. The van der Waals surface area contributed by atoms with Crippen molar-refractivity contribution >= 4 is 45.7 Å². The van der Waals surface area contributed by atoms with Crippen LogP contribution in [0, 0.1) is 0 Å². The molecule has 0 aliphatic rings. The van der Waals surface area contributed by atoms with E-state index in [1.165, 1.54) is 15.7 Å². The number of nitrogens with two attached hydrogens (primary N) is 1. The van der Waals surface area contributed by atoms with Gasteiger partial charge < -0.3 is 40.8 Å². The van der Waals surface area contributed by atoms with Gasteiger partial charge in [-0.15, -0.1) is 0 Å². The number of rotatable bonds is 14. The molecule has 2 amide bonds. The molecule has 1 unspecified atom stereocenters. The van der Waals surface area contributed by atoms with Crippen molar-refractivity contribution in [2.75, 3.05) is 13.1 Å². The van der Waals surface area contributed by atoms with Gasteiger partial charge >= 0.3 is 18.2 Å². The molecule has 2 atom stereocenters. The number of carboxylic acids is 1. The van der Waals surface area contributed by atoms with E-state index in [-0.39, 0.29) is 32.5 Å². The third-order valence-corrected chi connectivity index (χ3v) is 8.87. The Morgan fingerprint density at radius 3 is 2.25 bits per heavy atom. The molecule has 2 aromatic heterocycles. The van der Waals surface area contributed by atoms with Crippen molar-refractivity contribution in [1.82, 2.24) is 30.1 Å². The van der Waals surface area contributed by atoms with Crippen LogP contribution < -0.4 is 16.4 Å². The van der Waals surface area contributed by atoms with Gasteiger partial charge in [-0.3, -0.25) is 4.79 Å². The maximum atomic E-state index is 15.0. The minimum Gasteiger partial charge on any atom is -0.480 e. The molecule has 0 bridgehead atoms. The van der Waals surface area contributed by atoms with Crippen LogP contribution in [0.1, 0.15) is 87.7 Å². The van der Waals surface area contributed by atoms with Gasteiger partial charge in [-0.25, -0.2) is 23.9 Å². The average Bonchev–Trinajstić information content (AvgIpc) is 3.77. The van der Waals surface area contributed by atoms with Gasteiger partial charge in [0.15, 0.2) is 0 Å². The number of fused-ring (bicyclic) bond motifs is 2. The molecule has 0 aliphatic heterocycles. The zero-order chi connectivity index (χ0) is 39.9. The van der Waals surface area contributed by atoms with Crippen LogP contribution in [0.15, 0.2) is 79.3 Å². The highest BCUT2D eigenvalue weighted by Gasteiger charge is 2.37. The fourth-order valence-corrected chi connectivity index (χ4v) is 6.53. The zero-order valence-electron chi connectivity index (χ0n) is 32.2. The Morgan fingerprint density at radius 2 is 1.58 bits per heavy atom. The summed E-state index contributed by atoms with van der Waals surface area (Å²) in [6, 6.07) is 16.5. The number of carbonyl (C=O) groups is 4. The van der Waals surface area contributed by atoms with Crippen LogP contribution in [0.2, 0.25) is 0 Å². The largest absolute Gasteiger partial charge is 0.480 e. The minimum absolute atomic E-state index is 0.0364. The normalized spacial score (nSPS) is 13.0. The predicted octanol–water partition coefficient (Wildman–Crippen LogP) is 6.49. The van der Waals surface area contributed by atoms with Gasteiger partial charge in [0.1, 0.15) is 23.1 Å². The number of carbonyl (C=O) groups excluding carboxylic acids is 3. The van der Waals surface area contributed by atoms with Crippen LogP contribution >= 0.6 is 0 Å². The first-order valence-corrected chi connectivity index (χ1v) is 18.3. The Morgan fingerprint density at radius 1 is 0.909 bits per heavy atom. The number of aliphatic carboxylic acids is 1. The second-order valence-corrected chi connectivity index (χ2v) is 15.3. The second-order valence-electron chi connectivity index (χ2n) is 15.3. The molecule has 14 heteroatoms. The minimum atomic E-state index is -1.29. The summed E-state index contributed by atoms with van der Waals surface area (Å²) in [7, 11) is 0. The lowest BCUT2D eigenvalue weighted by molar-refractivity contribution is -0.143. The summed E-state index contributed by atoms with van der Waals surface area (Å²) in [4.78, 5) is 62.0. The average molecular weight is 754 g/mol. The number of aromatic amines is 1. The molecule has 292 valence electrons. The number of aromatic nitrogens is 3. The molecule has 0 radical (unpaired) electrons. The summed E-state index contributed by atoms with van der Waals surface area (Å²) in [5.41, 5.74) is 7.80. The number of nitrogens with one attached hydrogen (secondary N) is 3. The van der Waals surface area contributed by atoms with Gasteiger partial charge in [-0.2, -0.15) is 0 Å². The molecule has 2 heterocycles. The Hall–Kier alpha value is -5.73. The molecule has 0 spiro atoms. The lowest BCUT2D eigenvalue weighted by atomic mass is 9.95. The lowest BCUT2D eigenvalue weighted by Gasteiger charge is -2.36. The van der Waals surface area contributed by atoms with Crippen molar-refractivity contribution in [3.05, 3.63) is 102 Å². The van der Waals surface area contributed by atoms with Crippen LogP contribution in [-0.2, 0) is 27.4 Å². The Balaban J connectivity index is 1.45. The Bertz CT molecular complexity index is 2140. The van der Waals surface area contributed by atoms with Crippen LogP contribution in [-0.4, -0.2) is 78.9 Å². The van der Waals surface area contributed by atoms with Gasteiger partial charge in [0, 0.05) is 60.3 Å². The van der Waals surface area contributed by atoms with E-state index in [1.54, 1.807) is 60.0 Å². The lowest BCUT2D eigenvalue weighted by Crippen LogP contribution is -2.49. The van der Waals surface area contributed by atoms with Gasteiger partial charge in [0.2, 0.25) is 0 Å². The molecule has 3 aromatic carbocycles. The third kappa shape index (κ3) is 10.1. The molecule has 14 nitrogen and oxygen atoms in total. The SMILES string of the molecule is CC(C)(C)OC(=O)NCCC[C@@H](C(=O)O)N(C(=O)c1ccc(CNCc2nccn2C(=O)OC(C)(C)C)c2ccccc12)C(CN)c1c[nH]c2ccccc12. The third-order valence-electron chi connectivity index (χ3n) is 8.87. The monoisotopic (exact) mass is 753 g/mol. The number of H-pyrrole nitrogens is 1. The van der Waals surface area contributed by atoms with Crippen molar-refractivity contribution in [3.63, 3.8) is 0 Å². The van der Waals surface area contributed by atoms with E-state index in [9.17, 15) is 24.3 Å². The highest BCUT2D eigenvalue weighted by Crippen LogP contribution is 2.34. The molecule has 5 aromatic rings. The second kappa shape index (κ2) is 17.2. The summed E-state index contributed by atoms with van der Waals surface area (Å²) >= 11 is 0. The molecular weight excluding hydrogens is 702 g/mol. The number of benzene rings is 3. The highest BCUT2D eigenvalue weighted by molar-refractivity contribution is 6.09. The maximum Gasteiger partial charge on any atom is 0.420 e. The highest BCUT2D eigenvalue weighted by atomic mass is 16.6. The number of para-hydroxylation sites is 1. The fourth-order valence-electron chi connectivity index (χ4n) is 6.53. The van der Waals surface area contributed by atoms with Crippen molar-refractivity contribution in [2.45, 2.75) is 90.8 Å². The van der Waals surface area contributed by atoms with Gasteiger partial charge in [0.25, 0.3) is 5.91 Å². The van der Waals surface area contributed by atoms with E-state index in [2.05, 4.69) is 20.6 Å². The summed E-state index contributed by atoms with van der Waals surface area (Å²) in [5.74, 6) is -1.21. The van der Waals surface area contributed by atoms with E-state index in [0.29, 0.717) is 28.9 Å². The van der Waals surface area contributed by atoms with Crippen molar-refractivity contribution < 1.29 is 33.8 Å². The number of alkyl carbamates (subject to hydrolysis) is 1. The summed E-state index contributed by atoms with van der Waals surface area (Å²) in [6.07, 6.45) is 4.01. The Labute approximate surface area is 320 Å². The predicted molar refractivity (Wildman–Crippen MR) is 210 cm³/mol. The smallest absolute Gasteiger partial charge is 0.420 e. The van der Waals surface area contributed by atoms with Gasteiger partial charge in [-0.1, -0.05) is 48.5 Å². The van der Waals surface area contributed by atoms with Crippen molar-refractivity contribution in [3.8, 4) is 0 Å². The van der Waals surface area contributed by atoms with Gasteiger partial charge in [-0.05, 0) is 82.9 Å². The molecule has 0 fully saturated rings. The topological polar surface area (TPSA) is 194 Å². The molecule has 0 saturated heterocycles. The Kier molecular flexibility index (Phi) is 12.6. The molecule has 5 rings (SSSR count). The number of nitrogens with zero attached hydrogens (tertiary/aromatic N) is 3. The summed E-state index contributed by atoms with van der Waals surface area (Å²) in [5, 5.41) is 19.0. The van der Waals surface area contributed by atoms with Crippen molar-refractivity contribution in [1.29, 1.82) is 0 Å². The number of amides is 2. The summed E-state index contributed by atoms with van der Waals surface area (Å²) in [6.45, 7) is 11.4. The molecule has 6 N–H and O–H groups in total. The van der Waals surface area contributed by atoms with E-state index in [1.807, 2.05) is 54.6 Å².